The Labute approximate surface area is 95.0 Å². The number of aromatic carboxylic acids is 1. The van der Waals surface area contributed by atoms with E-state index in [1.807, 2.05) is 20.8 Å². The molecule has 0 aromatic heterocycles. The molecule has 4 nitrogen and oxygen atoms in total. The van der Waals surface area contributed by atoms with Crippen LogP contribution in [0.4, 0.5) is 5.69 Å². The molecule has 1 aromatic rings. The molecule has 0 amide bonds. The molecule has 88 valence electrons. The second kappa shape index (κ2) is 4.88. The van der Waals surface area contributed by atoms with E-state index in [0.717, 1.165) is 0 Å². The van der Waals surface area contributed by atoms with Gasteiger partial charge in [-0.2, -0.15) is 0 Å². The lowest BCUT2D eigenvalue weighted by Crippen LogP contribution is -2.19. The van der Waals surface area contributed by atoms with Crippen LogP contribution in [-0.4, -0.2) is 17.2 Å². The average Bonchev–Trinajstić information content (AvgIpc) is 2.20. The topological polar surface area (TPSA) is 72.5 Å². The number of ether oxygens (including phenoxy) is 1. The highest BCUT2D eigenvalue weighted by molar-refractivity contribution is 5.89. The van der Waals surface area contributed by atoms with Gasteiger partial charge < -0.3 is 15.6 Å². The van der Waals surface area contributed by atoms with Gasteiger partial charge in [0.25, 0.3) is 0 Å². The van der Waals surface area contributed by atoms with Gasteiger partial charge in [0, 0.05) is 0 Å². The molecule has 0 spiro atoms. The Hall–Kier alpha value is -1.71. The van der Waals surface area contributed by atoms with Gasteiger partial charge in [0.2, 0.25) is 0 Å². The number of hydrogen-bond acceptors (Lipinski definition) is 3. The fourth-order valence-corrected chi connectivity index (χ4v) is 1.13. The summed E-state index contributed by atoms with van der Waals surface area (Å²) in [4.78, 5) is 10.7. The van der Waals surface area contributed by atoms with E-state index in [9.17, 15) is 4.79 Å². The maximum absolute atomic E-state index is 10.7. The standard InChI is InChI=1S/C12H17NO3/c1-7(2)8(3)16-11-5-4-9(12(14)15)6-10(11)13/h4-8H,13H2,1-3H3,(H,14,15). The van der Waals surface area contributed by atoms with Crippen molar-refractivity contribution in [2.75, 3.05) is 5.73 Å². The quantitative estimate of drug-likeness (QED) is 0.769. The highest BCUT2D eigenvalue weighted by Crippen LogP contribution is 2.25. The molecule has 1 aromatic carbocycles. The number of nitrogen functional groups attached to an aromatic ring is 1. The monoisotopic (exact) mass is 223 g/mol. The van der Waals surface area contributed by atoms with E-state index < -0.39 is 5.97 Å². The number of nitrogens with two attached hydrogens (primary N) is 1. The minimum Gasteiger partial charge on any atom is -0.488 e. The fourth-order valence-electron chi connectivity index (χ4n) is 1.13. The van der Waals surface area contributed by atoms with E-state index in [-0.39, 0.29) is 11.7 Å². The third-order valence-electron chi connectivity index (χ3n) is 2.51. The van der Waals surface area contributed by atoms with Gasteiger partial charge in [-0.25, -0.2) is 4.79 Å². The summed E-state index contributed by atoms with van der Waals surface area (Å²) in [6.07, 6.45) is 0.0398. The number of benzene rings is 1. The predicted octanol–water partition coefficient (Wildman–Crippen LogP) is 2.39. The third kappa shape index (κ3) is 2.89. The zero-order chi connectivity index (χ0) is 12.3. The SMILES string of the molecule is CC(C)C(C)Oc1ccc(C(=O)O)cc1N. The Bertz CT molecular complexity index is 388. The van der Waals surface area contributed by atoms with Crippen molar-refractivity contribution in [1.82, 2.24) is 0 Å². The summed E-state index contributed by atoms with van der Waals surface area (Å²) in [6.45, 7) is 6.05. The van der Waals surface area contributed by atoms with Gasteiger partial charge in [-0.1, -0.05) is 13.8 Å². The van der Waals surface area contributed by atoms with Crippen LogP contribution < -0.4 is 10.5 Å². The van der Waals surface area contributed by atoms with E-state index in [2.05, 4.69) is 0 Å². The molecule has 0 radical (unpaired) electrons. The molecule has 0 aliphatic carbocycles. The van der Waals surface area contributed by atoms with Crippen LogP contribution in [0.3, 0.4) is 0 Å². The molecule has 1 atom stereocenters. The van der Waals surface area contributed by atoms with Gasteiger partial charge in [0.15, 0.2) is 0 Å². The average molecular weight is 223 g/mol. The molecule has 4 heteroatoms. The minimum atomic E-state index is -0.991. The van der Waals surface area contributed by atoms with Gasteiger partial charge >= 0.3 is 5.97 Å². The molecule has 0 aliphatic rings. The maximum Gasteiger partial charge on any atom is 0.335 e. The Morgan fingerprint density at radius 3 is 2.44 bits per heavy atom. The predicted molar refractivity (Wildman–Crippen MR) is 62.7 cm³/mol. The van der Waals surface area contributed by atoms with Gasteiger partial charge in [-0.15, -0.1) is 0 Å². The van der Waals surface area contributed by atoms with Crippen LogP contribution in [0.15, 0.2) is 18.2 Å². The van der Waals surface area contributed by atoms with Crippen LogP contribution in [0.5, 0.6) is 5.75 Å². The molecule has 3 N–H and O–H groups in total. The molecule has 16 heavy (non-hydrogen) atoms. The number of rotatable bonds is 4. The highest BCUT2D eigenvalue weighted by atomic mass is 16.5. The first-order valence-corrected chi connectivity index (χ1v) is 5.21. The molecule has 0 heterocycles. The van der Waals surface area contributed by atoms with Gasteiger partial charge in [0.05, 0.1) is 17.4 Å². The third-order valence-corrected chi connectivity index (χ3v) is 2.51. The van der Waals surface area contributed by atoms with Crippen LogP contribution in [-0.2, 0) is 0 Å². The fraction of sp³-hybridized carbons (Fsp3) is 0.417. The van der Waals surface area contributed by atoms with Crippen molar-refractivity contribution in [3.63, 3.8) is 0 Å². The second-order valence-electron chi connectivity index (χ2n) is 4.12. The molecule has 0 aliphatic heterocycles. The van der Waals surface area contributed by atoms with Gasteiger partial charge in [-0.05, 0) is 31.0 Å². The Morgan fingerprint density at radius 1 is 1.38 bits per heavy atom. The summed E-state index contributed by atoms with van der Waals surface area (Å²) in [5.41, 5.74) is 6.24. The smallest absolute Gasteiger partial charge is 0.335 e. The summed E-state index contributed by atoms with van der Waals surface area (Å²) in [6, 6.07) is 4.49. The summed E-state index contributed by atoms with van der Waals surface area (Å²) < 4.78 is 5.62. The Morgan fingerprint density at radius 2 is 2.00 bits per heavy atom. The van der Waals surface area contributed by atoms with Crippen molar-refractivity contribution in [2.45, 2.75) is 26.9 Å². The Kier molecular flexibility index (Phi) is 3.77. The number of anilines is 1. The van der Waals surface area contributed by atoms with Crippen LogP contribution in [0.25, 0.3) is 0 Å². The zero-order valence-electron chi connectivity index (χ0n) is 9.73. The number of carbonyl (C=O) groups is 1. The first-order valence-electron chi connectivity index (χ1n) is 5.21. The molecule has 1 rings (SSSR count). The Balaban J connectivity index is 2.87. The highest BCUT2D eigenvalue weighted by Gasteiger charge is 2.12. The summed E-state index contributed by atoms with van der Waals surface area (Å²) in [5.74, 6) is -0.0834. The van der Waals surface area contributed by atoms with Crippen LogP contribution in [0.1, 0.15) is 31.1 Å². The second-order valence-corrected chi connectivity index (χ2v) is 4.12. The van der Waals surface area contributed by atoms with E-state index in [1.165, 1.54) is 12.1 Å². The normalized spacial score (nSPS) is 12.5. The van der Waals surface area contributed by atoms with Crippen molar-refractivity contribution in [3.8, 4) is 5.75 Å². The van der Waals surface area contributed by atoms with Crippen LogP contribution in [0, 0.1) is 5.92 Å². The number of hydrogen-bond donors (Lipinski definition) is 2. The number of carboxylic acid groups (broad SMARTS) is 1. The summed E-state index contributed by atoms with van der Waals surface area (Å²) >= 11 is 0. The summed E-state index contributed by atoms with van der Waals surface area (Å²) in [7, 11) is 0. The first-order chi connectivity index (χ1) is 7.41. The van der Waals surface area contributed by atoms with Crippen molar-refractivity contribution >= 4 is 11.7 Å². The van der Waals surface area contributed by atoms with Gasteiger partial charge in [0.1, 0.15) is 5.75 Å². The molecule has 1 unspecified atom stereocenters. The lowest BCUT2D eigenvalue weighted by atomic mass is 10.1. The molecular weight excluding hydrogens is 206 g/mol. The van der Waals surface area contributed by atoms with E-state index >= 15 is 0 Å². The van der Waals surface area contributed by atoms with Crippen molar-refractivity contribution < 1.29 is 14.6 Å². The van der Waals surface area contributed by atoms with Crippen LogP contribution in [0.2, 0.25) is 0 Å². The minimum absolute atomic E-state index is 0.0398. The molecule has 0 fully saturated rings. The lowest BCUT2D eigenvalue weighted by molar-refractivity contribution is 0.0697. The van der Waals surface area contributed by atoms with Crippen molar-refractivity contribution in [1.29, 1.82) is 0 Å². The largest absolute Gasteiger partial charge is 0.488 e. The van der Waals surface area contributed by atoms with E-state index in [1.54, 1.807) is 6.07 Å². The number of carboxylic acids is 1. The van der Waals surface area contributed by atoms with E-state index in [4.69, 9.17) is 15.6 Å². The van der Waals surface area contributed by atoms with E-state index in [0.29, 0.717) is 17.4 Å². The van der Waals surface area contributed by atoms with Gasteiger partial charge in [-0.3, -0.25) is 0 Å². The lowest BCUT2D eigenvalue weighted by Gasteiger charge is -2.19. The molecule has 0 bridgehead atoms. The van der Waals surface area contributed by atoms with Crippen molar-refractivity contribution in [2.24, 2.45) is 5.92 Å². The van der Waals surface area contributed by atoms with Crippen LogP contribution >= 0.6 is 0 Å². The zero-order valence-corrected chi connectivity index (χ0v) is 9.73. The maximum atomic E-state index is 10.7. The van der Waals surface area contributed by atoms with Crippen molar-refractivity contribution in [3.05, 3.63) is 23.8 Å². The molecule has 0 saturated carbocycles. The molecule has 0 saturated heterocycles. The first kappa shape index (κ1) is 12.4. The summed E-state index contributed by atoms with van der Waals surface area (Å²) in [5, 5.41) is 8.77. The molecular formula is C12H17NO3.